The van der Waals surface area contributed by atoms with Gasteiger partial charge in [-0.2, -0.15) is 12.6 Å². The van der Waals surface area contributed by atoms with Crippen LogP contribution in [0.1, 0.15) is 55.8 Å². The first-order valence-electron chi connectivity index (χ1n) is 20.7. The standard InChI is InChI=1S/C44H61N9O10S/c1-26(2)20-35(43(61)62)53-41(59)33(21-27-8-5-4-6-9-27)51-39(57)32(10-7-19-47-44(45)46)50-40(58)34(22-28-11-15-30(55)16-12-28)52-42(60)36(24-54)49-38(56)23-48-37(25-64)29-13-17-31(63-3)18-14-29/h4-6,8-9,11-18,26,32-37,48,54-55,64H,7,10,19-25H2,1-3H3,(H,49,56)(H,50,58)(H,51,57)(H,52,60)(H,53,59)(H,61,62)(H4,45,46,47)/t32-,33-,34-,35-,36-,37?/m0/s1. The minimum Gasteiger partial charge on any atom is -0.508 e. The number of phenolic OH excluding ortho intramolecular Hbond substituents is 1. The van der Waals surface area contributed by atoms with Crippen LogP contribution in [0.5, 0.6) is 11.5 Å². The molecule has 3 rings (SSSR count). The average molecular weight is 908 g/mol. The number of amides is 5. The number of benzene rings is 3. The van der Waals surface area contributed by atoms with E-state index in [1.54, 1.807) is 63.4 Å². The van der Waals surface area contributed by atoms with E-state index in [0.717, 1.165) is 5.56 Å². The average Bonchev–Trinajstić information content (AvgIpc) is 3.26. The number of nitrogens with zero attached hydrogens (tertiary/aromatic N) is 1. The highest BCUT2D eigenvalue weighted by Gasteiger charge is 2.33. The molecule has 0 bridgehead atoms. The van der Waals surface area contributed by atoms with Gasteiger partial charge in [0, 0.05) is 31.2 Å². The molecule has 348 valence electrons. The molecule has 19 nitrogen and oxygen atoms in total. The van der Waals surface area contributed by atoms with E-state index < -0.39 is 72.3 Å². The summed E-state index contributed by atoms with van der Waals surface area (Å²) in [6.07, 6.45) is 0.0656. The third-order valence-corrected chi connectivity index (χ3v) is 10.2. The number of aliphatic imine (C=N–C) groups is 1. The number of thiol groups is 1. The molecular weight excluding hydrogens is 847 g/mol. The lowest BCUT2D eigenvalue weighted by Crippen LogP contribution is -2.60. The topological polar surface area (TPSA) is 309 Å². The molecule has 0 spiro atoms. The van der Waals surface area contributed by atoms with Crippen LogP contribution in [0.25, 0.3) is 0 Å². The summed E-state index contributed by atoms with van der Waals surface area (Å²) in [4.78, 5) is 84.8. The lowest BCUT2D eigenvalue weighted by atomic mass is 10.0. The summed E-state index contributed by atoms with van der Waals surface area (Å²) in [7, 11) is 1.54. The van der Waals surface area contributed by atoms with Gasteiger partial charge in [0.05, 0.1) is 20.3 Å². The summed E-state index contributed by atoms with van der Waals surface area (Å²) in [5.74, 6) is -4.57. The van der Waals surface area contributed by atoms with Gasteiger partial charge in [0.15, 0.2) is 5.96 Å². The normalized spacial score (nSPS) is 13.8. The molecule has 0 aliphatic carbocycles. The highest BCUT2D eigenvalue weighted by molar-refractivity contribution is 7.80. The maximum atomic E-state index is 14.2. The van der Waals surface area contributed by atoms with Crippen molar-refractivity contribution in [2.75, 3.05) is 32.6 Å². The summed E-state index contributed by atoms with van der Waals surface area (Å²) in [6, 6.07) is 14.6. The lowest BCUT2D eigenvalue weighted by molar-refractivity contribution is -0.142. The zero-order valence-corrected chi connectivity index (χ0v) is 37.1. The number of aromatic hydroxyl groups is 1. The minimum absolute atomic E-state index is 0.0266. The van der Waals surface area contributed by atoms with E-state index >= 15 is 0 Å². The van der Waals surface area contributed by atoms with Crippen LogP contribution in [0.4, 0.5) is 0 Å². The van der Waals surface area contributed by atoms with Gasteiger partial charge >= 0.3 is 5.97 Å². The van der Waals surface area contributed by atoms with Gasteiger partial charge in [0.2, 0.25) is 29.5 Å². The summed E-state index contributed by atoms with van der Waals surface area (Å²) >= 11 is 4.38. The number of carboxylic acids is 1. The third kappa shape index (κ3) is 18.1. The number of aliphatic carboxylic acids is 1. The van der Waals surface area contributed by atoms with E-state index in [1.807, 2.05) is 12.1 Å². The van der Waals surface area contributed by atoms with Crippen LogP contribution in [0, 0.1) is 5.92 Å². The molecule has 0 heterocycles. The number of nitrogens with two attached hydrogens (primary N) is 2. The number of guanidine groups is 1. The Morgan fingerprint density at radius 1 is 0.719 bits per heavy atom. The van der Waals surface area contributed by atoms with Crippen molar-refractivity contribution >= 4 is 54.1 Å². The predicted octanol–water partition coefficient (Wildman–Crippen LogP) is 0.0473. The van der Waals surface area contributed by atoms with Crippen molar-refractivity contribution in [3.8, 4) is 11.5 Å². The van der Waals surface area contributed by atoms with Crippen LogP contribution in [0.15, 0.2) is 83.9 Å². The zero-order valence-electron chi connectivity index (χ0n) is 36.2. The fourth-order valence-corrected chi connectivity index (χ4v) is 6.81. The fraction of sp³-hybridized carbons (Fsp3) is 0.432. The van der Waals surface area contributed by atoms with Crippen LogP contribution in [0.3, 0.4) is 0 Å². The summed E-state index contributed by atoms with van der Waals surface area (Å²) in [5.41, 5.74) is 13.0. The quantitative estimate of drug-likeness (QED) is 0.0209. The van der Waals surface area contributed by atoms with Gasteiger partial charge in [0.25, 0.3) is 0 Å². The van der Waals surface area contributed by atoms with Gasteiger partial charge in [-0.3, -0.25) is 29.0 Å². The first kappa shape index (κ1) is 52.0. The van der Waals surface area contributed by atoms with Gasteiger partial charge in [0.1, 0.15) is 41.7 Å². The number of nitrogens with one attached hydrogen (secondary N) is 6. The summed E-state index contributed by atoms with van der Waals surface area (Å²) in [6.45, 7) is 2.59. The molecule has 3 aromatic rings. The number of hydrogen-bond donors (Lipinski definition) is 12. The van der Waals surface area contributed by atoms with Crippen LogP contribution in [-0.4, -0.2) is 120 Å². The second-order valence-corrected chi connectivity index (χ2v) is 15.8. The van der Waals surface area contributed by atoms with Crippen LogP contribution in [0.2, 0.25) is 0 Å². The SMILES string of the molecule is COc1ccc(C(CS)NCC(=O)N[C@@H](CO)C(=O)N[C@@H](Cc2ccc(O)cc2)C(=O)N[C@@H](CCCN=C(N)N)C(=O)N[C@@H](Cc2ccccc2)C(=O)N[C@@H](CC(C)C)C(=O)O)cc1. The third-order valence-electron chi connectivity index (χ3n) is 9.87. The predicted molar refractivity (Wildman–Crippen MR) is 243 cm³/mol. The molecular formula is C44H61N9O10S. The van der Waals surface area contributed by atoms with Gasteiger partial charge in [-0.15, -0.1) is 0 Å². The van der Waals surface area contributed by atoms with Crippen LogP contribution < -0.4 is 48.1 Å². The van der Waals surface area contributed by atoms with E-state index in [9.17, 15) is 44.1 Å². The molecule has 0 saturated carbocycles. The zero-order chi connectivity index (χ0) is 47.2. The Morgan fingerprint density at radius 3 is 1.77 bits per heavy atom. The number of carboxylic acid groups (broad SMARTS) is 1. The first-order chi connectivity index (χ1) is 30.5. The number of aliphatic hydroxyl groups excluding tert-OH is 1. The van der Waals surface area contributed by atoms with Gasteiger partial charge in [-0.1, -0.05) is 68.4 Å². The molecule has 6 atom stereocenters. The monoisotopic (exact) mass is 907 g/mol. The van der Waals surface area contributed by atoms with Crippen molar-refractivity contribution in [3.05, 3.63) is 95.6 Å². The Morgan fingerprint density at radius 2 is 1.25 bits per heavy atom. The van der Waals surface area contributed by atoms with Gasteiger partial charge in [-0.05, 0) is 66.1 Å². The number of hydrogen-bond acceptors (Lipinski definition) is 12. The number of aliphatic hydroxyl groups is 1. The van der Waals surface area contributed by atoms with Crippen LogP contribution >= 0.6 is 12.6 Å². The Balaban J connectivity index is 1.86. The van der Waals surface area contributed by atoms with Gasteiger partial charge < -0.3 is 63.4 Å². The highest BCUT2D eigenvalue weighted by atomic mass is 32.1. The Bertz CT molecular complexity index is 2000. The van der Waals surface area contributed by atoms with E-state index in [2.05, 4.69) is 49.5 Å². The summed E-state index contributed by atoms with van der Waals surface area (Å²) < 4.78 is 5.20. The molecule has 1 unspecified atom stereocenters. The van der Waals surface area contributed by atoms with E-state index in [4.69, 9.17) is 16.2 Å². The van der Waals surface area contributed by atoms with Crippen molar-refractivity contribution in [1.29, 1.82) is 0 Å². The first-order valence-corrected chi connectivity index (χ1v) is 21.4. The smallest absolute Gasteiger partial charge is 0.326 e. The molecule has 13 N–H and O–H groups in total. The highest BCUT2D eigenvalue weighted by Crippen LogP contribution is 2.19. The van der Waals surface area contributed by atoms with E-state index in [0.29, 0.717) is 22.6 Å². The molecule has 0 aliphatic rings. The van der Waals surface area contributed by atoms with Gasteiger partial charge in [-0.25, -0.2) is 4.79 Å². The molecule has 20 heteroatoms. The molecule has 64 heavy (non-hydrogen) atoms. The molecule has 3 aromatic carbocycles. The Hall–Kier alpha value is -6.38. The lowest BCUT2D eigenvalue weighted by Gasteiger charge is -2.27. The molecule has 5 amide bonds. The van der Waals surface area contributed by atoms with Crippen molar-refractivity contribution in [2.24, 2.45) is 22.4 Å². The second kappa shape index (κ2) is 26.9. The number of carbonyl (C=O) groups excluding carboxylic acids is 5. The Labute approximate surface area is 378 Å². The maximum absolute atomic E-state index is 14.2. The van der Waals surface area contributed by atoms with E-state index in [1.165, 1.54) is 24.3 Å². The Kier molecular flexibility index (Phi) is 21.9. The minimum atomic E-state index is -1.50. The fourth-order valence-electron chi connectivity index (χ4n) is 6.47. The number of methoxy groups -OCH3 is 1. The van der Waals surface area contributed by atoms with Crippen molar-refractivity contribution < 1.29 is 48.8 Å². The molecule has 0 aliphatic heterocycles. The number of rotatable bonds is 27. The second-order valence-electron chi connectivity index (χ2n) is 15.4. The number of phenols is 1. The van der Waals surface area contributed by atoms with E-state index in [-0.39, 0.29) is 68.9 Å². The van der Waals surface area contributed by atoms with Crippen molar-refractivity contribution in [3.63, 3.8) is 0 Å². The largest absolute Gasteiger partial charge is 0.508 e. The number of carbonyl (C=O) groups is 6. The molecule has 0 aromatic heterocycles. The summed E-state index contributed by atoms with van der Waals surface area (Å²) in [5, 5.41) is 45.9. The van der Waals surface area contributed by atoms with Crippen molar-refractivity contribution in [2.45, 2.75) is 82.2 Å². The van der Waals surface area contributed by atoms with Crippen LogP contribution in [-0.2, 0) is 41.6 Å². The maximum Gasteiger partial charge on any atom is 0.326 e. The molecule has 0 radical (unpaired) electrons. The molecule has 0 saturated heterocycles. The van der Waals surface area contributed by atoms with Crippen molar-refractivity contribution in [1.82, 2.24) is 31.9 Å². The number of ether oxygens (including phenoxy) is 1. The molecule has 0 fully saturated rings.